The zero-order chi connectivity index (χ0) is 10.1. The predicted molar refractivity (Wildman–Crippen MR) is 56.5 cm³/mol. The predicted octanol–water partition coefficient (Wildman–Crippen LogP) is 1.85. The first-order valence-corrected chi connectivity index (χ1v) is 5.39. The molecule has 0 saturated heterocycles. The summed E-state index contributed by atoms with van der Waals surface area (Å²) in [5.74, 6) is 0. The van der Waals surface area contributed by atoms with Gasteiger partial charge in [0.05, 0.1) is 15.7 Å². The van der Waals surface area contributed by atoms with Crippen molar-refractivity contribution < 1.29 is 4.21 Å². The lowest BCUT2D eigenvalue weighted by atomic mass is 10.0. The maximum Gasteiger partial charge on any atom is 0.0990 e. The molecule has 72 valence electrons. The van der Waals surface area contributed by atoms with E-state index in [0.29, 0.717) is 0 Å². The average Bonchev–Trinajstić information content (AvgIpc) is 2.04. The van der Waals surface area contributed by atoms with E-state index in [-0.39, 0.29) is 0 Å². The molecular weight excluding hydrogens is 182 g/mol. The number of hydrogen-bond donors (Lipinski definition) is 1. The fourth-order valence-electron chi connectivity index (χ4n) is 1.07. The van der Waals surface area contributed by atoms with Crippen LogP contribution in [0.25, 0.3) is 0 Å². The molecule has 0 bridgehead atoms. The molecule has 0 radical (unpaired) electrons. The van der Waals surface area contributed by atoms with E-state index in [0.717, 1.165) is 5.56 Å². The number of rotatable bonds is 2. The van der Waals surface area contributed by atoms with E-state index in [9.17, 15) is 4.21 Å². The second kappa shape index (κ2) is 3.60. The first-order valence-electron chi connectivity index (χ1n) is 4.18. The van der Waals surface area contributed by atoms with E-state index >= 15 is 0 Å². The van der Waals surface area contributed by atoms with Gasteiger partial charge in [-0.1, -0.05) is 29.8 Å². The summed E-state index contributed by atoms with van der Waals surface area (Å²) in [6, 6.07) is 7.95. The minimum absolute atomic E-state index is 0.465. The molecule has 0 heterocycles. The van der Waals surface area contributed by atoms with Crippen molar-refractivity contribution >= 4 is 11.0 Å². The molecule has 1 rings (SSSR count). The van der Waals surface area contributed by atoms with Gasteiger partial charge in [-0.2, -0.15) is 0 Å². The van der Waals surface area contributed by atoms with Crippen LogP contribution in [0.1, 0.15) is 25.0 Å². The minimum Gasteiger partial charge on any atom is -0.251 e. The highest BCUT2D eigenvalue weighted by Gasteiger charge is 2.25. The molecule has 1 aromatic rings. The SMILES string of the molecule is Cc1ccc(C(C)(C)[S@](N)=O)cc1. The molecule has 0 amide bonds. The van der Waals surface area contributed by atoms with Crippen LogP contribution in [0.5, 0.6) is 0 Å². The Balaban J connectivity index is 3.08. The molecule has 2 N–H and O–H groups in total. The zero-order valence-corrected chi connectivity index (χ0v) is 9.02. The van der Waals surface area contributed by atoms with Crippen molar-refractivity contribution in [1.82, 2.24) is 0 Å². The van der Waals surface area contributed by atoms with Gasteiger partial charge in [0.15, 0.2) is 0 Å². The molecule has 13 heavy (non-hydrogen) atoms. The van der Waals surface area contributed by atoms with Crippen molar-refractivity contribution in [2.45, 2.75) is 25.5 Å². The van der Waals surface area contributed by atoms with Gasteiger partial charge in [-0.15, -0.1) is 0 Å². The molecular formula is C10H15NOS. The van der Waals surface area contributed by atoms with Crippen molar-refractivity contribution in [3.05, 3.63) is 35.4 Å². The summed E-state index contributed by atoms with van der Waals surface area (Å²) in [6.45, 7) is 5.79. The van der Waals surface area contributed by atoms with Crippen molar-refractivity contribution in [3.63, 3.8) is 0 Å². The maximum atomic E-state index is 11.2. The van der Waals surface area contributed by atoms with Gasteiger partial charge in [0.25, 0.3) is 0 Å². The molecule has 0 saturated carbocycles. The van der Waals surface area contributed by atoms with E-state index in [1.807, 2.05) is 45.0 Å². The lowest BCUT2D eigenvalue weighted by Crippen LogP contribution is -2.29. The van der Waals surface area contributed by atoms with Crippen LogP contribution in [-0.4, -0.2) is 4.21 Å². The monoisotopic (exact) mass is 197 g/mol. The van der Waals surface area contributed by atoms with Gasteiger partial charge < -0.3 is 0 Å². The second-order valence-corrected chi connectivity index (χ2v) is 5.29. The smallest absolute Gasteiger partial charge is 0.0990 e. The van der Waals surface area contributed by atoms with Gasteiger partial charge in [0.1, 0.15) is 0 Å². The van der Waals surface area contributed by atoms with Crippen molar-refractivity contribution in [3.8, 4) is 0 Å². The Morgan fingerprint density at radius 2 is 1.69 bits per heavy atom. The maximum absolute atomic E-state index is 11.2. The third-order valence-electron chi connectivity index (χ3n) is 2.25. The zero-order valence-electron chi connectivity index (χ0n) is 8.20. The van der Waals surface area contributed by atoms with Crippen LogP contribution in [0, 0.1) is 6.92 Å². The molecule has 1 aromatic carbocycles. The van der Waals surface area contributed by atoms with Gasteiger partial charge in [0.2, 0.25) is 0 Å². The van der Waals surface area contributed by atoms with Gasteiger partial charge in [-0.3, -0.25) is 5.14 Å². The Hall–Kier alpha value is -0.670. The quantitative estimate of drug-likeness (QED) is 0.772. The van der Waals surface area contributed by atoms with Crippen LogP contribution in [0.4, 0.5) is 0 Å². The third-order valence-corrected chi connectivity index (χ3v) is 3.49. The third kappa shape index (κ3) is 2.17. The Morgan fingerprint density at radius 1 is 1.23 bits per heavy atom. The molecule has 0 fully saturated rings. The minimum atomic E-state index is -1.33. The van der Waals surface area contributed by atoms with Crippen molar-refractivity contribution in [2.75, 3.05) is 0 Å². The Morgan fingerprint density at radius 3 is 2.08 bits per heavy atom. The molecule has 0 spiro atoms. The summed E-state index contributed by atoms with van der Waals surface area (Å²) in [5.41, 5.74) is 2.21. The number of hydrogen-bond acceptors (Lipinski definition) is 1. The summed E-state index contributed by atoms with van der Waals surface area (Å²) in [5, 5.41) is 5.41. The lowest BCUT2D eigenvalue weighted by molar-refractivity contribution is 0.644. The Bertz CT molecular complexity index is 316. The summed E-state index contributed by atoms with van der Waals surface area (Å²) in [4.78, 5) is 0. The number of benzene rings is 1. The van der Waals surface area contributed by atoms with Gasteiger partial charge >= 0.3 is 0 Å². The summed E-state index contributed by atoms with van der Waals surface area (Å²) < 4.78 is 10.8. The van der Waals surface area contributed by atoms with E-state index in [2.05, 4.69) is 0 Å². The standard InChI is InChI=1S/C10H15NOS/c1-8-4-6-9(7-5-8)10(2,3)13(11)12/h4-7H,11H2,1-3H3/t13-/m1/s1. The first kappa shape index (κ1) is 10.4. The van der Waals surface area contributed by atoms with Gasteiger partial charge in [-0.05, 0) is 26.3 Å². The Labute approximate surface area is 81.7 Å². The van der Waals surface area contributed by atoms with E-state index < -0.39 is 15.7 Å². The number of nitrogens with two attached hydrogens (primary N) is 1. The first-order chi connectivity index (χ1) is 5.94. The fraction of sp³-hybridized carbons (Fsp3) is 0.400. The lowest BCUT2D eigenvalue weighted by Gasteiger charge is -2.21. The molecule has 0 aliphatic heterocycles. The van der Waals surface area contributed by atoms with Crippen molar-refractivity contribution in [1.29, 1.82) is 0 Å². The average molecular weight is 197 g/mol. The van der Waals surface area contributed by atoms with E-state index in [1.165, 1.54) is 5.56 Å². The highest BCUT2D eigenvalue weighted by molar-refractivity contribution is 7.83. The summed E-state index contributed by atoms with van der Waals surface area (Å²) in [6.07, 6.45) is 0. The van der Waals surface area contributed by atoms with Crippen LogP contribution in [-0.2, 0) is 15.7 Å². The number of aryl methyl sites for hydroxylation is 1. The molecule has 0 unspecified atom stereocenters. The summed E-state index contributed by atoms with van der Waals surface area (Å²) in [7, 11) is -1.33. The summed E-state index contributed by atoms with van der Waals surface area (Å²) >= 11 is 0. The molecule has 2 nitrogen and oxygen atoms in total. The Kier molecular flexibility index (Phi) is 2.88. The second-order valence-electron chi connectivity index (χ2n) is 3.67. The van der Waals surface area contributed by atoms with E-state index in [1.54, 1.807) is 0 Å². The van der Waals surface area contributed by atoms with E-state index in [4.69, 9.17) is 5.14 Å². The van der Waals surface area contributed by atoms with Gasteiger partial charge in [-0.25, -0.2) is 4.21 Å². The van der Waals surface area contributed by atoms with Crippen LogP contribution in [0.3, 0.4) is 0 Å². The largest absolute Gasteiger partial charge is 0.251 e. The molecule has 0 aromatic heterocycles. The molecule has 0 aliphatic rings. The van der Waals surface area contributed by atoms with Crippen LogP contribution < -0.4 is 5.14 Å². The fourth-order valence-corrected chi connectivity index (χ4v) is 1.44. The molecule has 3 heteroatoms. The van der Waals surface area contributed by atoms with Crippen LogP contribution in [0.15, 0.2) is 24.3 Å². The highest BCUT2D eigenvalue weighted by atomic mass is 32.2. The highest BCUT2D eigenvalue weighted by Crippen LogP contribution is 2.24. The molecule has 1 atom stereocenters. The normalized spacial score (nSPS) is 14.2. The topological polar surface area (TPSA) is 43.1 Å². The van der Waals surface area contributed by atoms with Crippen LogP contribution in [0.2, 0.25) is 0 Å². The van der Waals surface area contributed by atoms with Gasteiger partial charge in [0, 0.05) is 0 Å². The molecule has 0 aliphatic carbocycles. The van der Waals surface area contributed by atoms with Crippen molar-refractivity contribution in [2.24, 2.45) is 5.14 Å². The van der Waals surface area contributed by atoms with Crippen LogP contribution >= 0.6 is 0 Å².